The van der Waals surface area contributed by atoms with Crippen molar-refractivity contribution in [2.24, 2.45) is 5.73 Å². The Morgan fingerprint density at radius 2 is 2.05 bits per heavy atom. The average molecular weight is 331 g/mol. The molecule has 0 saturated carbocycles. The largest absolute Gasteiger partial charge is 0.368 e. The number of halogens is 2. The van der Waals surface area contributed by atoms with E-state index in [0.29, 0.717) is 10.6 Å². The maximum atomic E-state index is 12.0. The molecule has 1 aromatic carbocycles. The lowest BCUT2D eigenvalue weighted by Crippen LogP contribution is -2.36. The Morgan fingerprint density at radius 3 is 2.70 bits per heavy atom. The van der Waals surface area contributed by atoms with E-state index >= 15 is 0 Å². The van der Waals surface area contributed by atoms with Crippen molar-refractivity contribution in [3.8, 4) is 0 Å². The van der Waals surface area contributed by atoms with Gasteiger partial charge in [-0.3, -0.25) is 19.3 Å². The van der Waals surface area contributed by atoms with Crippen molar-refractivity contribution < 1.29 is 14.4 Å². The minimum atomic E-state index is -0.755. The summed E-state index contributed by atoms with van der Waals surface area (Å²) in [4.78, 5) is 35.4. The minimum Gasteiger partial charge on any atom is -0.368 e. The van der Waals surface area contributed by atoms with Crippen LogP contribution in [0.1, 0.15) is 5.56 Å². The lowest BCUT2D eigenvalue weighted by Gasteiger charge is -2.08. The van der Waals surface area contributed by atoms with Crippen molar-refractivity contribution in [2.75, 3.05) is 6.54 Å². The highest BCUT2D eigenvalue weighted by Crippen LogP contribution is 2.34. The molecule has 2 N–H and O–H groups in total. The third-order valence-electron chi connectivity index (χ3n) is 2.46. The number of carbonyl (C=O) groups excluding carboxylic acids is 3. The van der Waals surface area contributed by atoms with Crippen molar-refractivity contribution in [2.45, 2.75) is 0 Å². The average Bonchev–Trinajstić information content (AvgIpc) is 2.62. The first-order chi connectivity index (χ1) is 9.40. The van der Waals surface area contributed by atoms with Gasteiger partial charge in [-0.1, -0.05) is 35.3 Å². The maximum Gasteiger partial charge on any atom is 0.294 e. The Labute approximate surface area is 128 Å². The summed E-state index contributed by atoms with van der Waals surface area (Å²) in [5.41, 5.74) is 5.50. The fraction of sp³-hybridized carbons (Fsp3) is 0.0833. The summed E-state index contributed by atoms with van der Waals surface area (Å²) in [6.07, 6.45) is 1.46. The molecule has 0 aromatic heterocycles. The number of primary amides is 1. The van der Waals surface area contributed by atoms with Gasteiger partial charge in [0.05, 0.1) is 15.0 Å². The summed E-state index contributed by atoms with van der Waals surface area (Å²) >= 11 is 12.6. The van der Waals surface area contributed by atoms with E-state index < -0.39 is 23.6 Å². The molecular weight excluding hydrogens is 323 g/mol. The molecule has 1 fully saturated rings. The number of rotatable bonds is 3. The zero-order valence-corrected chi connectivity index (χ0v) is 12.3. The molecule has 5 nitrogen and oxygen atoms in total. The number of thioether (sulfide) groups is 1. The van der Waals surface area contributed by atoms with Crippen molar-refractivity contribution >= 4 is 58.1 Å². The van der Waals surface area contributed by atoms with Gasteiger partial charge in [0, 0.05) is 0 Å². The van der Waals surface area contributed by atoms with E-state index in [2.05, 4.69) is 0 Å². The van der Waals surface area contributed by atoms with Gasteiger partial charge in [0.15, 0.2) is 0 Å². The lowest BCUT2D eigenvalue weighted by atomic mass is 10.2. The quantitative estimate of drug-likeness (QED) is 0.863. The van der Waals surface area contributed by atoms with Gasteiger partial charge in [-0.2, -0.15) is 0 Å². The summed E-state index contributed by atoms with van der Waals surface area (Å²) in [7, 11) is 0. The van der Waals surface area contributed by atoms with Gasteiger partial charge in [-0.25, -0.2) is 0 Å². The number of hydrogen-bond acceptors (Lipinski definition) is 4. The highest BCUT2D eigenvalue weighted by Gasteiger charge is 2.35. The molecule has 8 heteroatoms. The van der Waals surface area contributed by atoms with Crippen LogP contribution in [0.3, 0.4) is 0 Å². The van der Waals surface area contributed by atoms with Gasteiger partial charge in [0.2, 0.25) is 5.91 Å². The van der Waals surface area contributed by atoms with Crippen molar-refractivity contribution in [1.82, 2.24) is 4.90 Å². The third-order valence-corrected chi connectivity index (χ3v) is 4.20. The van der Waals surface area contributed by atoms with E-state index in [1.54, 1.807) is 18.2 Å². The molecule has 2 rings (SSSR count). The number of nitrogens with two attached hydrogens (primary N) is 1. The molecule has 1 saturated heterocycles. The van der Waals surface area contributed by atoms with Crippen LogP contribution in [0.4, 0.5) is 4.79 Å². The van der Waals surface area contributed by atoms with Crippen LogP contribution in [0.25, 0.3) is 6.08 Å². The molecule has 0 unspecified atom stereocenters. The zero-order valence-electron chi connectivity index (χ0n) is 9.93. The Kier molecular flexibility index (Phi) is 4.37. The topological polar surface area (TPSA) is 80.5 Å². The number of imide groups is 1. The van der Waals surface area contributed by atoms with Crippen LogP contribution in [0.15, 0.2) is 23.1 Å². The molecule has 0 aliphatic carbocycles. The number of carbonyl (C=O) groups is 3. The smallest absolute Gasteiger partial charge is 0.294 e. The Morgan fingerprint density at radius 1 is 1.35 bits per heavy atom. The second-order valence-corrected chi connectivity index (χ2v) is 5.66. The highest BCUT2D eigenvalue weighted by molar-refractivity contribution is 8.18. The Balaban J connectivity index is 2.32. The third kappa shape index (κ3) is 2.98. The summed E-state index contributed by atoms with van der Waals surface area (Å²) in [6.45, 7) is -0.439. The minimum absolute atomic E-state index is 0.167. The normalized spacial score (nSPS) is 17.1. The molecule has 0 spiro atoms. The summed E-state index contributed by atoms with van der Waals surface area (Å²) in [5.74, 6) is -1.33. The fourth-order valence-corrected chi connectivity index (χ4v) is 2.76. The van der Waals surface area contributed by atoms with Gasteiger partial charge in [0.1, 0.15) is 6.54 Å². The predicted octanol–water partition coefficient (Wildman–Crippen LogP) is 2.52. The zero-order chi connectivity index (χ0) is 14.9. The van der Waals surface area contributed by atoms with Crippen LogP contribution < -0.4 is 5.73 Å². The summed E-state index contributed by atoms with van der Waals surface area (Å²) in [5, 5.41) is 0.0887. The van der Waals surface area contributed by atoms with Crippen LogP contribution in [0, 0.1) is 0 Å². The van der Waals surface area contributed by atoms with Crippen molar-refractivity contribution in [3.05, 3.63) is 38.7 Å². The Bertz CT molecular complexity index is 646. The van der Waals surface area contributed by atoms with Crippen LogP contribution in [0.2, 0.25) is 10.0 Å². The number of hydrogen-bond donors (Lipinski definition) is 1. The first kappa shape index (κ1) is 14.9. The van der Waals surface area contributed by atoms with E-state index in [1.807, 2.05) is 0 Å². The fourth-order valence-electron chi connectivity index (χ4n) is 1.57. The summed E-state index contributed by atoms with van der Waals surface area (Å²) < 4.78 is 0. The molecule has 1 aliphatic heterocycles. The first-order valence-corrected chi connectivity index (χ1v) is 6.95. The van der Waals surface area contributed by atoms with Gasteiger partial charge in [-0.15, -0.1) is 0 Å². The number of benzene rings is 1. The van der Waals surface area contributed by atoms with Gasteiger partial charge < -0.3 is 5.73 Å². The van der Waals surface area contributed by atoms with E-state index in [9.17, 15) is 14.4 Å². The second kappa shape index (κ2) is 5.87. The number of nitrogens with zero attached hydrogens (tertiary/aromatic N) is 1. The molecular formula is C12H8Cl2N2O3S. The standard InChI is InChI=1S/C12H8Cl2N2O3S/c13-7-3-1-2-6(10(7)14)4-8-11(18)16(5-9(15)17)12(19)20-8/h1-4H,5H2,(H2,15,17)/b8-4-. The molecule has 104 valence electrons. The molecule has 1 aliphatic rings. The maximum absolute atomic E-state index is 12.0. The molecule has 1 heterocycles. The Hall–Kier alpha value is -1.50. The summed E-state index contributed by atoms with van der Waals surface area (Å²) in [6, 6.07) is 4.95. The molecule has 20 heavy (non-hydrogen) atoms. The SMILES string of the molecule is NC(=O)CN1C(=O)S/C(=C\c2cccc(Cl)c2Cl)C1=O. The molecule has 0 atom stereocenters. The number of amides is 3. The molecule has 1 aromatic rings. The van der Waals surface area contributed by atoms with E-state index in [4.69, 9.17) is 28.9 Å². The monoisotopic (exact) mass is 330 g/mol. The second-order valence-electron chi connectivity index (χ2n) is 3.88. The van der Waals surface area contributed by atoms with Crippen molar-refractivity contribution in [1.29, 1.82) is 0 Å². The lowest BCUT2D eigenvalue weighted by molar-refractivity contribution is -0.127. The molecule has 3 amide bonds. The van der Waals surface area contributed by atoms with Crippen molar-refractivity contribution in [3.63, 3.8) is 0 Å². The van der Waals surface area contributed by atoms with Gasteiger partial charge in [0.25, 0.3) is 11.1 Å². The van der Waals surface area contributed by atoms with Crippen LogP contribution in [-0.2, 0) is 9.59 Å². The van der Waals surface area contributed by atoms with Crippen LogP contribution in [-0.4, -0.2) is 28.5 Å². The predicted molar refractivity (Wildman–Crippen MR) is 78.3 cm³/mol. The van der Waals surface area contributed by atoms with E-state index in [0.717, 1.165) is 16.7 Å². The van der Waals surface area contributed by atoms with Gasteiger partial charge >= 0.3 is 0 Å². The molecule has 0 radical (unpaired) electrons. The molecule has 0 bridgehead atoms. The highest BCUT2D eigenvalue weighted by atomic mass is 35.5. The van der Waals surface area contributed by atoms with E-state index in [-0.39, 0.29) is 9.93 Å². The first-order valence-electron chi connectivity index (χ1n) is 5.38. The van der Waals surface area contributed by atoms with Crippen LogP contribution in [0.5, 0.6) is 0 Å². The van der Waals surface area contributed by atoms with Crippen LogP contribution >= 0.6 is 35.0 Å². The van der Waals surface area contributed by atoms with Gasteiger partial charge in [-0.05, 0) is 29.5 Å². The van der Waals surface area contributed by atoms with E-state index in [1.165, 1.54) is 6.08 Å².